The molecule has 1 aromatic rings. The van der Waals surface area contributed by atoms with E-state index in [0.717, 1.165) is 18.4 Å². The van der Waals surface area contributed by atoms with Crippen LogP contribution < -0.4 is 4.74 Å². The van der Waals surface area contributed by atoms with Crippen LogP contribution in [0, 0.1) is 11.8 Å². The Balaban J connectivity index is 1.91. The predicted molar refractivity (Wildman–Crippen MR) is 73.6 cm³/mol. The zero-order chi connectivity index (χ0) is 14.1. The Morgan fingerprint density at radius 1 is 1.30 bits per heavy atom. The Morgan fingerprint density at radius 2 is 2.10 bits per heavy atom. The first-order chi connectivity index (χ1) is 9.65. The van der Waals surface area contributed by atoms with Gasteiger partial charge in [-0.05, 0) is 30.4 Å². The molecule has 4 nitrogen and oxygen atoms in total. The van der Waals surface area contributed by atoms with Crippen molar-refractivity contribution in [2.24, 2.45) is 11.8 Å². The van der Waals surface area contributed by atoms with Gasteiger partial charge in [0.1, 0.15) is 5.75 Å². The highest BCUT2D eigenvalue weighted by atomic mass is 16.5. The summed E-state index contributed by atoms with van der Waals surface area (Å²) in [4.78, 5) is 10.8. The van der Waals surface area contributed by atoms with Crippen molar-refractivity contribution in [1.29, 1.82) is 0 Å². The van der Waals surface area contributed by atoms with Crippen LogP contribution in [0.3, 0.4) is 0 Å². The average Bonchev–Trinajstić information content (AvgIpc) is 2.57. The van der Waals surface area contributed by atoms with Gasteiger partial charge in [0, 0.05) is 11.5 Å². The van der Waals surface area contributed by atoms with Gasteiger partial charge in [-0.1, -0.05) is 24.3 Å². The van der Waals surface area contributed by atoms with E-state index >= 15 is 0 Å². The molecule has 2 aliphatic rings. The van der Waals surface area contributed by atoms with Crippen LogP contribution in [0.4, 0.5) is 0 Å². The van der Waals surface area contributed by atoms with Gasteiger partial charge < -0.3 is 14.9 Å². The maximum atomic E-state index is 10.8. The van der Waals surface area contributed by atoms with Gasteiger partial charge in [0.25, 0.3) is 0 Å². The minimum absolute atomic E-state index is 0.0266. The van der Waals surface area contributed by atoms with E-state index in [4.69, 9.17) is 9.84 Å². The lowest BCUT2D eigenvalue weighted by Gasteiger charge is -2.28. The van der Waals surface area contributed by atoms with Gasteiger partial charge in [0.05, 0.1) is 19.1 Å². The monoisotopic (exact) mass is 274 g/mol. The van der Waals surface area contributed by atoms with Gasteiger partial charge >= 0.3 is 5.97 Å². The van der Waals surface area contributed by atoms with Crippen LogP contribution in [0.15, 0.2) is 30.4 Å². The van der Waals surface area contributed by atoms with Crippen LogP contribution in [-0.4, -0.2) is 22.8 Å². The minimum atomic E-state index is -0.864. The summed E-state index contributed by atoms with van der Waals surface area (Å²) in [6.45, 7) is 0.579. The number of carboxylic acid groups (broad SMARTS) is 1. The molecule has 0 amide bonds. The fourth-order valence-electron chi connectivity index (χ4n) is 3.13. The van der Waals surface area contributed by atoms with Crippen molar-refractivity contribution in [2.75, 3.05) is 6.61 Å². The fourth-order valence-corrected chi connectivity index (χ4v) is 3.13. The van der Waals surface area contributed by atoms with Crippen LogP contribution in [0.25, 0.3) is 0 Å². The molecular formula is C16H18O4. The van der Waals surface area contributed by atoms with Gasteiger partial charge in [-0.25, -0.2) is 0 Å². The summed E-state index contributed by atoms with van der Waals surface area (Å²) in [5, 5.41) is 19.4. The maximum absolute atomic E-state index is 10.8. The molecule has 1 aliphatic heterocycles. The molecule has 1 aliphatic carbocycles. The molecular weight excluding hydrogens is 256 g/mol. The molecule has 1 aromatic carbocycles. The molecule has 0 aromatic heterocycles. The van der Waals surface area contributed by atoms with Crippen LogP contribution in [-0.2, 0) is 11.2 Å². The number of fused-ring (bicyclic) bond motifs is 2. The van der Waals surface area contributed by atoms with E-state index in [2.05, 4.69) is 12.2 Å². The first kappa shape index (κ1) is 13.2. The molecule has 0 bridgehead atoms. The number of ether oxygens (including phenoxy) is 1. The number of aliphatic carboxylic acids is 1. The molecule has 0 spiro atoms. The van der Waals surface area contributed by atoms with Gasteiger partial charge in [0.15, 0.2) is 0 Å². The van der Waals surface area contributed by atoms with E-state index in [9.17, 15) is 9.90 Å². The molecule has 1 heterocycles. The van der Waals surface area contributed by atoms with Crippen molar-refractivity contribution in [3.63, 3.8) is 0 Å². The molecule has 4 heteroatoms. The predicted octanol–water partition coefficient (Wildman–Crippen LogP) is 2.32. The summed E-state index contributed by atoms with van der Waals surface area (Å²) in [5.41, 5.74) is 1.48. The lowest BCUT2D eigenvalue weighted by atomic mass is 9.78. The Morgan fingerprint density at radius 3 is 2.90 bits per heavy atom. The van der Waals surface area contributed by atoms with Gasteiger partial charge in [-0.15, -0.1) is 0 Å². The van der Waals surface area contributed by atoms with E-state index in [1.54, 1.807) is 18.2 Å². The lowest BCUT2D eigenvalue weighted by molar-refractivity contribution is -0.136. The molecule has 0 radical (unpaired) electrons. The number of hydrogen-bond acceptors (Lipinski definition) is 3. The van der Waals surface area contributed by atoms with Crippen molar-refractivity contribution < 1.29 is 19.7 Å². The number of aliphatic hydroxyl groups is 1. The van der Waals surface area contributed by atoms with E-state index < -0.39 is 12.1 Å². The number of aliphatic hydroxyl groups excluding tert-OH is 1. The first-order valence-electron chi connectivity index (χ1n) is 6.95. The molecule has 0 saturated heterocycles. The van der Waals surface area contributed by atoms with E-state index in [1.807, 2.05) is 0 Å². The summed E-state index contributed by atoms with van der Waals surface area (Å²) in [5.74, 6) is 0.277. The van der Waals surface area contributed by atoms with Gasteiger partial charge in [-0.3, -0.25) is 4.79 Å². The second-order valence-electron chi connectivity index (χ2n) is 5.57. The number of carboxylic acids is 1. The number of benzene rings is 1. The summed E-state index contributed by atoms with van der Waals surface area (Å²) in [7, 11) is 0. The van der Waals surface area contributed by atoms with E-state index in [0.29, 0.717) is 23.8 Å². The highest BCUT2D eigenvalue weighted by Gasteiger charge is 2.34. The first-order valence-corrected chi connectivity index (χ1v) is 6.95. The standard InChI is InChI=1S/C16H18O4/c17-15(18)8-10-5-6-13-14(7-10)20-9-11-3-1-2-4-12(11)16(13)19/h1-2,5-7,11-12,16,19H,3-4,8-9H2,(H,17,18). The normalized spacial score (nSPS) is 27.9. The summed E-state index contributed by atoms with van der Waals surface area (Å²) >= 11 is 0. The molecule has 2 N–H and O–H groups in total. The van der Waals surface area contributed by atoms with Crippen LogP contribution in [0.1, 0.15) is 30.1 Å². The van der Waals surface area contributed by atoms with Gasteiger partial charge in [0.2, 0.25) is 0 Å². The molecule has 3 unspecified atom stereocenters. The zero-order valence-electron chi connectivity index (χ0n) is 11.2. The van der Waals surface area contributed by atoms with Crippen molar-refractivity contribution in [3.05, 3.63) is 41.5 Å². The Bertz CT molecular complexity index is 549. The average molecular weight is 274 g/mol. The van der Waals surface area contributed by atoms with E-state index in [-0.39, 0.29) is 12.3 Å². The van der Waals surface area contributed by atoms with Crippen LogP contribution in [0.5, 0.6) is 5.75 Å². The topological polar surface area (TPSA) is 66.8 Å². The Kier molecular flexibility index (Phi) is 3.49. The van der Waals surface area contributed by atoms with Crippen molar-refractivity contribution in [1.82, 2.24) is 0 Å². The van der Waals surface area contributed by atoms with Crippen LogP contribution >= 0.6 is 0 Å². The Hall–Kier alpha value is -1.81. The molecule has 20 heavy (non-hydrogen) atoms. The summed E-state index contributed by atoms with van der Waals surface area (Å²) < 4.78 is 5.82. The summed E-state index contributed by atoms with van der Waals surface area (Å²) in [6.07, 6.45) is 5.49. The number of rotatable bonds is 2. The van der Waals surface area contributed by atoms with Gasteiger partial charge in [-0.2, -0.15) is 0 Å². The second-order valence-corrected chi connectivity index (χ2v) is 5.57. The fraction of sp³-hybridized carbons (Fsp3) is 0.438. The van der Waals surface area contributed by atoms with Crippen molar-refractivity contribution in [3.8, 4) is 5.75 Å². The van der Waals surface area contributed by atoms with E-state index in [1.165, 1.54) is 0 Å². The SMILES string of the molecule is O=C(O)Cc1ccc2c(c1)OCC1CC=CCC1C2O. The third-order valence-electron chi connectivity index (χ3n) is 4.23. The molecule has 0 fully saturated rings. The lowest BCUT2D eigenvalue weighted by Crippen LogP contribution is -2.25. The summed E-state index contributed by atoms with van der Waals surface area (Å²) in [6, 6.07) is 5.31. The number of hydrogen-bond donors (Lipinski definition) is 2. The molecule has 3 atom stereocenters. The third-order valence-corrected chi connectivity index (χ3v) is 4.23. The van der Waals surface area contributed by atoms with Crippen molar-refractivity contribution >= 4 is 5.97 Å². The molecule has 106 valence electrons. The largest absolute Gasteiger partial charge is 0.493 e. The minimum Gasteiger partial charge on any atom is -0.493 e. The van der Waals surface area contributed by atoms with Crippen molar-refractivity contribution in [2.45, 2.75) is 25.4 Å². The zero-order valence-corrected chi connectivity index (χ0v) is 11.2. The smallest absolute Gasteiger partial charge is 0.307 e. The molecule has 0 saturated carbocycles. The Labute approximate surface area is 117 Å². The second kappa shape index (κ2) is 5.29. The number of allylic oxidation sites excluding steroid dienone is 2. The highest BCUT2D eigenvalue weighted by molar-refractivity contribution is 5.70. The quantitative estimate of drug-likeness (QED) is 0.812. The maximum Gasteiger partial charge on any atom is 0.307 e. The number of carbonyl (C=O) groups is 1. The highest BCUT2D eigenvalue weighted by Crippen LogP contribution is 2.42. The van der Waals surface area contributed by atoms with Crippen LogP contribution in [0.2, 0.25) is 0 Å². The third kappa shape index (κ3) is 2.43. The molecule has 3 rings (SSSR count).